The summed E-state index contributed by atoms with van der Waals surface area (Å²) in [6.07, 6.45) is 0. The van der Waals surface area contributed by atoms with Crippen molar-refractivity contribution in [1.82, 2.24) is 0 Å². The van der Waals surface area contributed by atoms with Gasteiger partial charge in [0.2, 0.25) is 0 Å². The number of rotatable bonds is 0. The van der Waals surface area contributed by atoms with E-state index in [9.17, 15) is 0 Å². The summed E-state index contributed by atoms with van der Waals surface area (Å²) in [4.78, 5) is 0. The molecule has 18 heavy (non-hydrogen) atoms. The Kier molecular flexibility index (Phi) is 1500. The van der Waals surface area contributed by atoms with Gasteiger partial charge in [-0.15, -0.1) is 0 Å². The Hall–Kier alpha value is 12.2. The van der Waals surface area contributed by atoms with Crippen molar-refractivity contribution in [3.05, 3.63) is 0 Å². The van der Waals surface area contributed by atoms with Gasteiger partial charge in [0.1, 0.15) is 0 Å². The topological polar surface area (TPSA) is 63.0 Å². The minimum atomic E-state index is 0. The molecule has 0 atom stereocenters. The van der Waals surface area contributed by atoms with Gasteiger partial charge in [-0.1, -0.05) is 0 Å². The SMILES string of the molecule is O.O.[H-].[H-].[H-].[H-].[H-].[H-].[H-].[H-].[H-].[H-].[H-].[H-].[H-].[H-].[H-].[H-].[H-].[H-].[H-].[H-].[H-].[H-].[H-].[H-].[H-].[H-].[H-].[H-].[H-].[H-].[H-].[H-].[Mg+2].[Mg+2].[Mg+2].[Mg+2].[Mg+2].[Mg+2].[Mg+2].[Mg+2].[Mg+2].[Mg+2].[Mg+2].[Mg+2].[Mg+2].[Mg+2].[Mg+2].[Mg+2]. The van der Waals surface area contributed by atoms with Crippen LogP contribution in [0.5, 0.6) is 0 Å². The standard InChI is InChI=1S/16Mg.2H2O.32H/h;;;;;;;;;;;;;;;;2*1H2;;;;;;;;;;;;;;;;;;;;;;;;;;;;;;;;/q16*+2;;;32*-1. The van der Waals surface area contributed by atoms with Gasteiger partial charge in [0.15, 0.2) is 0 Å². The molecule has 0 radical (unpaired) electrons. The molecule has 0 amide bonds. The van der Waals surface area contributed by atoms with Crippen molar-refractivity contribution in [3.63, 3.8) is 0 Å². The van der Waals surface area contributed by atoms with Crippen LogP contribution in [-0.2, 0) is 0 Å². The van der Waals surface area contributed by atoms with Gasteiger partial charge in [0.25, 0.3) is 0 Å². The maximum Gasteiger partial charge on any atom is 2.00 e. The second-order valence-electron chi connectivity index (χ2n) is 0. The van der Waals surface area contributed by atoms with Gasteiger partial charge in [-0.2, -0.15) is 0 Å². The molecule has 2 nitrogen and oxygen atoms in total. The second-order valence-corrected chi connectivity index (χ2v) is 0. The Morgan fingerprint density at radius 3 is 0.167 bits per heavy atom. The van der Waals surface area contributed by atoms with Crippen molar-refractivity contribution in [2.45, 2.75) is 0 Å². The Balaban J connectivity index is 0. The fourth-order valence-corrected chi connectivity index (χ4v) is 0. The van der Waals surface area contributed by atoms with Gasteiger partial charge >= 0.3 is 369 Å². The van der Waals surface area contributed by atoms with Gasteiger partial charge < -0.3 is 56.6 Å². The van der Waals surface area contributed by atoms with Crippen molar-refractivity contribution in [2.75, 3.05) is 0 Å². The molecular weight excluding hydrogens is 421 g/mol. The molecule has 4 N–H and O–H groups in total. The summed E-state index contributed by atoms with van der Waals surface area (Å²) >= 11 is 0. The fourth-order valence-electron chi connectivity index (χ4n) is 0. The van der Waals surface area contributed by atoms with E-state index in [2.05, 4.69) is 0 Å². The smallest absolute Gasteiger partial charge is 1.00 e. The van der Waals surface area contributed by atoms with Crippen LogP contribution in [0, 0.1) is 0 Å². The summed E-state index contributed by atoms with van der Waals surface area (Å²) in [7, 11) is 0. The molecule has 0 saturated carbocycles. The van der Waals surface area contributed by atoms with Crippen LogP contribution in [0.25, 0.3) is 0 Å². The van der Waals surface area contributed by atoms with E-state index < -0.39 is 0 Å². The molecule has 0 spiro atoms. The van der Waals surface area contributed by atoms with Crippen molar-refractivity contribution < 1.29 is 56.6 Å². The normalized spacial score (nSPS) is 0. The van der Waals surface area contributed by atoms with Crippen LogP contribution in [0.4, 0.5) is 0 Å². The Bertz CT molecular complexity index is 56.2. The van der Waals surface area contributed by atoms with Crippen LogP contribution in [0.1, 0.15) is 45.7 Å². The maximum atomic E-state index is 0. The third-order valence-electron chi connectivity index (χ3n) is 0. The molecule has 0 aliphatic carbocycles. The van der Waals surface area contributed by atoms with E-state index in [4.69, 9.17) is 0 Å². The Morgan fingerprint density at radius 2 is 0.167 bits per heavy atom. The van der Waals surface area contributed by atoms with E-state index in [-0.39, 0.29) is 425 Å². The summed E-state index contributed by atoms with van der Waals surface area (Å²) in [5, 5.41) is 0. The molecule has 0 rings (SSSR count). The molecule has 0 aliphatic heterocycles. The van der Waals surface area contributed by atoms with Crippen molar-refractivity contribution in [3.8, 4) is 0 Å². The molecule has 0 fully saturated rings. The monoisotopic (exact) mass is 452 g/mol. The number of hydrogen-bond donors (Lipinski definition) is 0. The predicted molar refractivity (Wildman–Crippen MR) is 135 cm³/mol. The van der Waals surface area contributed by atoms with Crippen LogP contribution in [0.2, 0.25) is 0 Å². The van der Waals surface area contributed by atoms with Gasteiger partial charge in [0.05, 0.1) is 0 Å². The zero-order chi connectivity index (χ0) is 0. The zero-order valence-corrected chi connectivity index (χ0v) is 34.9. The summed E-state index contributed by atoms with van der Waals surface area (Å²) < 4.78 is 0. The molecular formula is H36Mg16O2. The first-order valence-corrected chi connectivity index (χ1v) is 0. The summed E-state index contributed by atoms with van der Waals surface area (Å²) in [5.74, 6) is 0. The van der Waals surface area contributed by atoms with Gasteiger partial charge in [-0.3, -0.25) is 0 Å². The van der Waals surface area contributed by atoms with E-state index in [1.807, 2.05) is 0 Å². The first-order valence-electron chi connectivity index (χ1n) is 0. The minimum Gasteiger partial charge on any atom is -1.00 e. The molecule has 0 aromatic heterocycles. The molecule has 0 unspecified atom stereocenters. The average Bonchev–Trinajstić information content (AvgIpc) is 0. The molecule has 18 heteroatoms. The van der Waals surface area contributed by atoms with Crippen LogP contribution >= 0.6 is 0 Å². The first-order chi connectivity index (χ1) is 0. The largest absolute Gasteiger partial charge is 2.00 e. The Labute approximate surface area is 416 Å². The summed E-state index contributed by atoms with van der Waals surface area (Å²) in [5.41, 5.74) is 0. The molecule has 0 aromatic carbocycles. The quantitative estimate of drug-likeness (QED) is 0.332. The third-order valence-corrected chi connectivity index (χ3v) is 0. The van der Waals surface area contributed by atoms with Crippen LogP contribution in [-0.4, -0.2) is 380 Å². The molecule has 80 valence electrons. The van der Waals surface area contributed by atoms with Gasteiger partial charge in [0, 0.05) is 0 Å². The van der Waals surface area contributed by atoms with E-state index in [1.54, 1.807) is 0 Å². The number of hydrogen-bond acceptors (Lipinski definition) is 0. The van der Waals surface area contributed by atoms with Gasteiger partial charge in [-0.25, -0.2) is 0 Å². The molecule has 0 bridgehead atoms. The molecule has 0 aromatic rings. The van der Waals surface area contributed by atoms with E-state index in [0.717, 1.165) is 0 Å². The molecule has 0 heterocycles. The van der Waals surface area contributed by atoms with Crippen LogP contribution < -0.4 is 0 Å². The minimum absolute atomic E-state index is 0. The first kappa shape index (κ1) is 173. The Morgan fingerprint density at radius 1 is 0.167 bits per heavy atom. The summed E-state index contributed by atoms with van der Waals surface area (Å²) in [6.45, 7) is 0. The predicted octanol–water partition coefficient (Wildman–Crippen LogP) is -4.14. The average molecular weight is 457 g/mol. The molecule has 0 aliphatic rings. The second kappa shape index (κ2) is 156. The van der Waals surface area contributed by atoms with Crippen LogP contribution in [0.15, 0.2) is 0 Å². The van der Waals surface area contributed by atoms with Crippen LogP contribution in [0.3, 0.4) is 0 Å². The van der Waals surface area contributed by atoms with E-state index in [0.29, 0.717) is 0 Å². The van der Waals surface area contributed by atoms with Gasteiger partial charge in [-0.05, 0) is 0 Å². The van der Waals surface area contributed by atoms with E-state index >= 15 is 0 Å². The van der Waals surface area contributed by atoms with Crippen molar-refractivity contribution in [2.24, 2.45) is 0 Å². The molecule has 0 saturated heterocycles. The van der Waals surface area contributed by atoms with E-state index in [1.165, 1.54) is 0 Å². The maximum absolute atomic E-state index is 0. The summed E-state index contributed by atoms with van der Waals surface area (Å²) in [6, 6.07) is 0. The fraction of sp³-hybridized carbons (Fsp3) is 0. The zero-order valence-electron chi connectivity index (χ0n) is 44.3. The van der Waals surface area contributed by atoms with Crippen molar-refractivity contribution in [1.29, 1.82) is 0 Å². The third kappa shape index (κ3) is 140. The van der Waals surface area contributed by atoms with Crippen molar-refractivity contribution >= 4 is 369 Å².